The lowest BCUT2D eigenvalue weighted by Crippen LogP contribution is -2.58. The third-order valence-corrected chi connectivity index (χ3v) is 6.87. The highest BCUT2D eigenvalue weighted by Crippen LogP contribution is 2.44. The molecule has 6 nitrogen and oxygen atoms in total. The van der Waals surface area contributed by atoms with E-state index in [0.29, 0.717) is 48.0 Å². The lowest BCUT2D eigenvalue weighted by molar-refractivity contribution is -0.140. The number of carbonyl (C=O) groups excluding carboxylic acids is 1. The van der Waals surface area contributed by atoms with Crippen molar-refractivity contribution >= 4 is 29.1 Å². The molecule has 4 rings (SSSR count). The van der Waals surface area contributed by atoms with E-state index in [2.05, 4.69) is 0 Å². The van der Waals surface area contributed by atoms with Gasteiger partial charge < -0.3 is 20.2 Å². The molecular formula is C18H22Cl2N2O4. The number of aliphatic hydroxyl groups excluding tert-OH is 2. The van der Waals surface area contributed by atoms with Gasteiger partial charge in [-0.3, -0.25) is 9.69 Å². The number of aliphatic hydroxyl groups is 2. The van der Waals surface area contributed by atoms with Crippen LogP contribution in [0.15, 0.2) is 12.1 Å². The summed E-state index contributed by atoms with van der Waals surface area (Å²) in [6.07, 6.45) is 0.401. The maximum Gasteiger partial charge on any atom is 0.237 e. The maximum atomic E-state index is 12.7. The summed E-state index contributed by atoms with van der Waals surface area (Å²) in [5.41, 5.74) is 0.601. The van der Waals surface area contributed by atoms with Gasteiger partial charge in [-0.25, -0.2) is 0 Å². The lowest BCUT2D eigenvalue weighted by Gasteiger charge is -2.41. The van der Waals surface area contributed by atoms with Crippen LogP contribution >= 0.6 is 23.2 Å². The fraction of sp³-hybridized carbons (Fsp3) is 0.611. The maximum absolute atomic E-state index is 12.7. The van der Waals surface area contributed by atoms with Gasteiger partial charge in [0.1, 0.15) is 5.75 Å². The SMILES string of the molecule is O=C1CN(C2CC[C@H](O)[C@@H]2O)C[C@@H]2C[C@H](c3c(O)ccc(Cl)c3Cl)CN12. The number of fused-ring (bicyclic) bond motifs is 1. The Morgan fingerprint density at radius 3 is 2.58 bits per heavy atom. The van der Waals surface area contributed by atoms with E-state index in [1.165, 1.54) is 6.07 Å². The number of rotatable bonds is 2. The Bertz CT molecular complexity index is 731. The Morgan fingerprint density at radius 1 is 1.12 bits per heavy atom. The second-order valence-corrected chi connectivity index (χ2v) is 8.34. The molecule has 2 saturated heterocycles. The van der Waals surface area contributed by atoms with Gasteiger partial charge in [0.25, 0.3) is 0 Å². The Hall–Kier alpha value is -1.05. The molecular weight excluding hydrogens is 379 g/mol. The summed E-state index contributed by atoms with van der Waals surface area (Å²) < 4.78 is 0. The van der Waals surface area contributed by atoms with Crippen LogP contribution in [-0.4, -0.2) is 75.0 Å². The van der Waals surface area contributed by atoms with E-state index >= 15 is 0 Å². The molecule has 1 aliphatic carbocycles. The van der Waals surface area contributed by atoms with E-state index in [0.717, 1.165) is 0 Å². The minimum atomic E-state index is -0.807. The highest BCUT2D eigenvalue weighted by molar-refractivity contribution is 6.42. The van der Waals surface area contributed by atoms with Crippen molar-refractivity contribution in [1.82, 2.24) is 9.80 Å². The number of piperazine rings is 1. The summed E-state index contributed by atoms with van der Waals surface area (Å²) in [6, 6.07) is 2.91. The monoisotopic (exact) mass is 400 g/mol. The first-order valence-electron chi connectivity index (χ1n) is 8.93. The van der Waals surface area contributed by atoms with E-state index in [1.54, 1.807) is 6.07 Å². The molecule has 5 atom stereocenters. The Labute approximate surface area is 161 Å². The van der Waals surface area contributed by atoms with Gasteiger partial charge in [-0.1, -0.05) is 23.2 Å². The smallest absolute Gasteiger partial charge is 0.237 e. The molecule has 0 aromatic heterocycles. The summed E-state index contributed by atoms with van der Waals surface area (Å²) in [5, 5.41) is 31.0. The van der Waals surface area contributed by atoms with Gasteiger partial charge >= 0.3 is 0 Å². The second kappa shape index (κ2) is 6.84. The summed E-state index contributed by atoms with van der Waals surface area (Å²) in [4.78, 5) is 16.5. The van der Waals surface area contributed by atoms with E-state index in [9.17, 15) is 20.1 Å². The predicted molar refractivity (Wildman–Crippen MR) is 97.6 cm³/mol. The summed E-state index contributed by atoms with van der Waals surface area (Å²) in [5.74, 6) is 0.0343. The van der Waals surface area contributed by atoms with Crippen molar-refractivity contribution in [3.63, 3.8) is 0 Å². The van der Waals surface area contributed by atoms with E-state index in [1.807, 2.05) is 9.80 Å². The average molecular weight is 401 g/mol. The number of carbonyl (C=O) groups is 1. The van der Waals surface area contributed by atoms with E-state index in [-0.39, 0.29) is 36.2 Å². The van der Waals surface area contributed by atoms with Crippen LogP contribution in [0.5, 0.6) is 5.75 Å². The van der Waals surface area contributed by atoms with Crippen molar-refractivity contribution in [2.45, 2.75) is 49.5 Å². The van der Waals surface area contributed by atoms with Crippen molar-refractivity contribution in [2.24, 2.45) is 0 Å². The Morgan fingerprint density at radius 2 is 1.88 bits per heavy atom. The van der Waals surface area contributed by atoms with Crippen molar-refractivity contribution < 1.29 is 20.1 Å². The highest BCUT2D eigenvalue weighted by atomic mass is 35.5. The van der Waals surface area contributed by atoms with Crippen molar-refractivity contribution in [3.05, 3.63) is 27.7 Å². The van der Waals surface area contributed by atoms with Gasteiger partial charge in [-0.05, 0) is 31.4 Å². The summed E-state index contributed by atoms with van der Waals surface area (Å²) >= 11 is 12.4. The normalized spacial score (nSPS) is 35.2. The molecule has 3 aliphatic rings. The predicted octanol–water partition coefficient (Wildman–Crippen LogP) is 1.58. The van der Waals surface area contributed by atoms with Gasteiger partial charge in [0.15, 0.2) is 0 Å². The van der Waals surface area contributed by atoms with E-state index < -0.39 is 12.2 Å². The number of halogens is 2. The largest absolute Gasteiger partial charge is 0.508 e. The minimum Gasteiger partial charge on any atom is -0.508 e. The van der Waals surface area contributed by atoms with Crippen LogP contribution < -0.4 is 0 Å². The number of phenolic OH excluding ortho intramolecular Hbond substituents is 1. The van der Waals surface area contributed by atoms with Gasteiger partial charge in [0, 0.05) is 36.7 Å². The van der Waals surface area contributed by atoms with Crippen LogP contribution in [0.25, 0.3) is 0 Å². The van der Waals surface area contributed by atoms with Gasteiger partial charge in [-0.2, -0.15) is 0 Å². The number of benzene rings is 1. The lowest BCUT2D eigenvalue weighted by atomic mass is 9.95. The molecule has 1 unspecified atom stereocenters. The Balaban J connectivity index is 1.54. The highest BCUT2D eigenvalue weighted by Gasteiger charge is 2.46. The Kier molecular flexibility index (Phi) is 4.82. The van der Waals surface area contributed by atoms with Crippen LogP contribution in [0.1, 0.15) is 30.7 Å². The van der Waals surface area contributed by atoms with E-state index in [4.69, 9.17) is 23.2 Å². The van der Waals surface area contributed by atoms with Crippen LogP contribution in [0, 0.1) is 0 Å². The second-order valence-electron chi connectivity index (χ2n) is 7.56. The van der Waals surface area contributed by atoms with Crippen LogP contribution in [0.2, 0.25) is 10.0 Å². The third-order valence-electron chi connectivity index (χ3n) is 6.05. The average Bonchev–Trinajstić information content (AvgIpc) is 3.16. The molecule has 8 heteroatoms. The number of amides is 1. The number of aromatic hydroxyl groups is 1. The minimum absolute atomic E-state index is 0.000594. The van der Waals surface area contributed by atoms with Crippen LogP contribution in [-0.2, 0) is 4.79 Å². The van der Waals surface area contributed by atoms with Gasteiger partial charge in [-0.15, -0.1) is 0 Å². The first-order valence-corrected chi connectivity index (χ1v) is 9.69. The van der Waals surface area contributed by atoms with Crippen molar-refractivity contribution in [3.8, 4) is 5.75 Å². The molecule has 2 heterocycles. The zero-order valence-corrected chi connectivity index (χ0v) is 15.7. The fourth-order valence-electron chi connectivity index (χ4n) is 4.74. The topological polar surface area (TPSA) is 84.2 Å². The number of hydrogen-bond donors (Lipinski definition) is 3. The van der Waals surface area contributed by atoms with Gasteiger partial charge in [0.05, 0.1) is 28.8 Å². The molecule has 0 spiro atoms. The zero-order chi connectivity index (χ0) is 18.6. The van der Waals surface area contributed by atoms with Crippen molar-refractivity contribution in [2.75, 3.05) is 19.6 Å². The standard InChI is InChI=1S/C18H22Cl2N2O4/c19-11-1-3-13(23)16(17(11)20)9-5-10-7-21(8-15(25)22(10)6-9)12-2-4-14(24)18(12)26/h1,3,9-10,12,14,18,23-24,26H,2,4-8H2/t9-,10-,12?,14-,18+/m0/s1. The molecule has 0 bridgehead atoms. The first-order chi connectivity index (χ1) is 12.4. The first kappa shape index (κ1) is 18.3. The van der Waals surface area contributed by atoms with Crippen LogP contribution in [0.4, 0.5) is 0 Å². The molecule has 1 aromatic rings. The molecule has 2 aliphatic heterocycles. The summed E-state index contributed by atoms with van der Waals surface area (Å²) in [7, 11) is 0. The molecule has 3 N–H and O–H groups in total. The van der Waals surface area contributed by atoms with Crippen molar-refractivity contribution in [1.29, 1.82) is 0 Å². The number of phenols is 1. The molecule has 1 aromatic carbocycles. The number of nitrogens with zero attached hydrogens (tertiary/aromatic N) is 2. The fourth-order valence-corrected chi connectivity index (χ4v) is 5.22. The molecule has 26 heavy (non-hydrogen) atoms. The third kappa shape index (κ3) is 2.98. The van der Waals surface area contributed by atoms with Crippen LogP contribution in [0.3, 0.4) is 0 Å². The quantitative estimate of drug-likeness (QED) is 0.701. The van der Waals surface area contributed by atoms with Gasteiger partial charge in [0.2, 0.25) is 5.91 Å². The molecule has 0 radical (unpaired) electrons. The molecule has 3 fully saturated rings. The molecule has 1 saturated carbocycles. The number of hydrogen-bond acceptors (Lipinski definition) is 5. The molecule has 142 valence electrons. The molecule has 1 amide bonds. The zero-order valence-electron chi connectivity index (χ0n) is 14.2. The summed E-state index contributed by atoms with van der Waals surface area (Å²) in [6.45, 7) is 1.39.